The predicted molar refractivity (Wildman–Crippen MR) is 98.3 cm³/mol. The lowest BCUT2D eigenvalue weighted by Crippen LogP contribution is -2.37. The molecule has 0 N–H and O–H groups in total. The van der Waals surface area contributed by atoms with Gasteiger partial charge in [-0.2, -0.15) is 10.5 Å². The third-order valence-electron chi connectivity index (χ3n) is 4.33. The summed E-state index contributed by atoms with van der Waals surface area (Å²) >= 11 is 0. The van der Waals surface area contributed by atoms with E-state index in [1.54, 1.807) is 9.80 Å². The topological polar surface area (TPSA) is 88.2 Å². The molecule has 138 valence electrons. The fraction of sp³-hybridized carbons (Fsp3) is 0.500. The number of carbonyl (C=O) groups is 2. The van der Waals surface area contributed by atoms with Crippen LogP contribution < -0.4 is 0 Å². The highest BCUT2D eigenvalue weighted by Crippen LogP contribution is 2.16. The number of nitrogens with zero attached hydrogens (tertiary/aromatic N) is 4. The van der Waals surface area contributed by atoms with Gasteiger partial charge in [0, 0.05) is 26.9 Å². The fourth-order valence-corrected chi connectivity index (χ4v) is 2.86. The van der Waals surface area contributed by atoms with Crippen LogP contribution >= 0.6 is 0 Å². The van der Waals surface area contributed by atoms with Gasteiger partial charge in [-0.1, -0.05) is 38.1 Å². The Morgan fingerprint density at radius 3 is 1.58 bits per heavy atom. The zero-order valence-corrected chi connectivity index (χ0v) is 15.9. The number of benzene rings is 1. The van der Waals surface area contributed by atoms with E-state index in [-0.39, 0.29) is 11.8 Å². The average Bonchev–Trinajstić information content (AvgIpc) is 2.62. The van der Waals surface area contributed by atoms with Crippen LogP contribution in [-0.4, -0.2) is 33.7 Å². The molecule has 6 nitrogen and oxygen atoms in total. The minimum absolute atomic E-state index is 0.148. The smallest absolute Gasteiger partial charge is 0.220 e. The van der Waals surface area contributed by atoms with Gasteiger partial charge in [-0.05, 0) is 24.0 Å². The van der Waals surface area contributed by atoms with Crippen molar-refractivity contribution in [3.05, 3.63) is 35.4 Å². The lowest BCUT2D eigenvalue weighted by Gasteiger charge is -2.27. The predicted octanol–water partition coefficient (Wildman–Crippen LogP) is 2.99. The minimum atomic E-state index is -0.465. The summed E-state index contributed by atoms with van der Waals surface area (Å²) in [5, 5.41) is 18.5. The van der Waals surface area contributed by atoms with Gasteiger partial charge in [0.25, 0.3) is 0 Å². The summed E-state index contributed by atoms with van der Waals surface area (Å²) in [5.41, 5.74) is 1.78. The van der Waals surface area contributed by atoms with E-state index in [1.165, 1.54) is 13.8 Å². The van der Waals surface area contributed by atoms with Crippen molar-refractivity contribution in [1.82, 2.24) is 9.80 Å². The standard InChI is InChI=1S/C20H26N4O2/c1-5-19(11-21)23(15(3)25)13-17-8-7-9-18(10-17)14-24(16(4)26)20(6-2)12-22/h7-10,19-20H,5-6,13-14H2,1-4H3/t19-,20-/m1/s1. The Kier molecular flexibility index (Phi) is 8.31. The zero-order valence-electron chi connectivity index (χ0n) is 15.9. The summed E-state index contributed by atoms with van der Waals surface area (Å²) < 4.78 is 0. The van der Waals surface area contributed by atoms with Crippen molar-refractivity contribution in [2.45, 2.75) is 65.7 Å². The van der Waals surface area contributed by atoms with Gasteiger partial charge in [0.15, 0.2) is 0 Å². The maximum atomic E-state index is 11.9. The second-order valence-electron chi connectivity index (χ2n) is 6.22. The molecular formula is C20H26N4O2. The number of rotatable bonds is 8. The number of nitriles is 2. The van der Waals surface area contributed by atoms with E-state index in [2.05, 4.69) is 12.1 Å². The van der Waals surface area contributed by atoms with Crippen LogP contribution in [0, 0.1) is 22.7 Å². The van der Waals surface area contributed by atoms with Crippen LogP contribution in [0.4, 0.5) is 0 Å². The summed E-state index contributed by atoms with van der Waals surface area (Å²) in [5.74, 6) is -0.297. The lowest BCUT2D eigenvalue weighted by atomic mass is 10.1. The van der Waals surface area contributed by atoms with E-state index in [4.69, 9.17) is 0 Å². The van der Waals surface area contributed by atoms with Gasteiger partial charge in [0.2, 0.25) is 11.8 Å². The third-order valence-corrected chi connectivity index (χ3v) is 4.33. The highest BCUT2D eigenvalue weighted by atomic mass is 16.2. The molecule has 6 heteroatoms. The molecule has 0 fully saturated rings. The van der Waals surface area contributed by atoms with Gasteiger partial charge in [-0.15, -0.1) is 0 Å². The number of hydrogen-bond acceptors (Lipinski definition) is 4. The molecule has 0 unspecified atom stereocenters. The van der Waals surface area contributed by atoms with Crippen LogP contribution in [0.15, 0.2) is 24.3 Å². The molecule has 0 aliphatic heterocycles. The molecule has 1 aromatic rings. The molecule has 0 aliphatic rings. The van der Waals surface area contributed by atoms with Gasteiger partial charge in [0.05, 0.1) is 12.1 Å². The van der Waals surface area contributed by atoms with Crippen molar-refractivity contribution < 1.29 is 9.59 Å². The second kappa shape index (κ2) is 10.2. The van der Waals surface area contributed by atoms with Gasteiger partial charge in [-0.25, -0.2) is 0 Å². The molecule has 0 saturated heterocycles. The number of hydrogen-bond donors (Lipinski definition) is 0. The largest absolute Gasteiger partial charge is 0.323 e. The van der Waals surface area contributed by atoms with Crippen LogP contribution in [0.3, 0.4) is 0 Å². The minimum Gasteiger partial charge on any atom is -0.323 e. The van der Waals surface area contributed by atoms with E-state index < -0.39 is 12.1 Å². The van der Waals surface area contributed by atoms with Crippen molar-refractivity contribution in [2.75, 3.05) is 0 Å². The van der Waals surface area contributed by atoms with Crippen molar-refractivity contribution >= 4 is 11.8 Å². The molecule has 26 heavy (non-hydrogen) atoms. The molecule has 0 spiro atoms. The molecule has 2 amide bonds. The van der Waals surface area contributed by atoms with Crippen molar-refractivity contribution in [2.24, 2.45) is 0 Å². The van der Waals surface area contributed by atoms with Crippen molar-refractivity contribution in [3.63, 3.8) is 0 Å². The zero-order chi connectivity index (χ0) is 19.7. The summed E-state index contributed by atoms with van der Waals surface area (Å²) in [6, 6.07) is 11.0. The molecule has 0 aliphatic carbocycles. The first-order chi connectivity index (χ1) is 12.4. The van der Waals surface area contributed by atoms with E-state index in [9.17, 15) is 20.1 Å². The molecule has 0 aromatic heterocycles. The maximum absolute atomic E-state index is 11.9. The number of carbonyl (C=O) groups excluding carboxylic acids is 2. The second-order valence-corrected chi connectivity index (χ2v) is 6.22. The van der Waals surface area contributed by atoms with Crippen molar-refractivity contribution in [1.29, 1.82) is 10.5 Å². The van der Waals surface area contributed by atoms with E-state index >= 15 is 0 Å². The molecule has 0 bridgehead atoms. The van der Waals surface area contributed by atoms with Gasteiger partial charge in [0.1, 0.15) is 12.1 Å². The Labute approximate surface area is 155 Å². The first-order valence-electron chi connectivity index (χ1n) is 8.79. The van der Waals surface area contributed by atoms with Gasteiger partial charge in [-0.3, -0.25) is 9.59 Å². The molecule has 1 aromatic carbocycles. The van der Waals surface area contributed by atoms with Gasteiger partial charge < -0.3 is 9.80 Å². The Morgan fingerprint density at radius 1 is 0.923 bits per heavy atom. The van der Waals surface area contributed by atoms with Crippen LogP contribution in [0.2, 0.25) is 0 Å². The SMILES string of the molecule is CC[C@H](C#N)N(Cc1cccc(CN(C(C)=O)[C@@H](C#N)CC)c1)C(C)=O. The van der Waals surface area contributed by atoms with Crippen LogP contribution in [0.5, 0.6) is 0 Å². The first kappa shape index (κ1) is 21.2. The third kappa shape index (κ3) is 5.60. The Balaban J connectivity index is 3.03. The summed E-state index contributed by atoms with van der Waals surface area (Å²) in [6.07, 6.45) is 1.13. The van der Waals surface area contributed by atoms with Crippen LogP contribution in [-0.2, 0) is 22.7 Å². The van der Waals surface area contributed by atoms with Gasteiger partial charge >= 0.3 is 0 Å². The lowest BCUT2D eigenvalue weighted by molar-refractivity contribution is -0.131. The molecule has 0 heterocycles. The normalized spacial score (nSPS) is 12.4. The van der Waals surface area contributed by atoms with Crippen LogP contribution in [0.25, 0.3) is 0 Å². The monoisotopic (exact) mass is 354 g/mol. The fourth-order valence-electron chi connectivity index (χ4n) is 2.86. The Morgan fingerprint density at radius 2 is 1.31 bits per heavy atom. The summed E-state index contributed by atoms with van der Waals surface area (Å²) in [7, 11) is 0. The summed E-state index contributed by atoms with van der Waals surface area (Å²) in [4.78, 5) is 26.9. The molecule has 1 rings (SSSR count). The highest BCUT2D eigenvalue weighted by molar-refractivity contribution is 5.74. The Hall–Kier alpha value is -2.86. The molecule has 0 radical (unpaired) electrons. The first-order valence-corrected chi connectivity index (χ1v) is 8.79. The Bertz CT molecular complexity index is 660. The van der Waals surface area contributed by atoms with E-state index in [1.807, 2.05) is 38.1 Å². The number of amides is 2. The highest BCUT2D eigenvalue weighted by Gasteiger charge is 2.21. The molecule has 0 saturated carbocycles. The van der Waals surface area contributed by atoms with E-state index in [0.717, 1.165) is 11.1 Å². The van der Waals surface area contributed by atoms with Crippen LogP contribution in [0.1, 0.15) is 51.7 Å². The molecule has 2 atom stereocenters. The van der Waals surface area contributed by atoms with E-state index in [0.29, 0.717) is 25.9 Å². The molecular weight excluding hydrogens is 328 g/mol. The quantitative estimate of drug-likeness (QED) is 0.718. The summed E-state index contributed by atoms with van der Waals surface area (Å²) in [6.45, 7) is 7.34. The average molecular weight is 354 g/mol. The van der Waals surface area contributed by atoms with Crippen molar-refractivity contribution in [3.8, 4) is 12.1 Å². The maximum Gasteiger partial charge on any atom is 0.220 e.